The van der Waals surface area contributed by atoms with Gasteiger partial charge in [0.1, 0.15) is 5.82 Å². The number of nitrogens with one attached hydrogen (secondary N) is 1. The fourth-order valence-corrected chi connectivity index (χ4v) is 3.85. The lowest BCUT2D eigenvalue weighted by Crippen LogP contribution is -2.48. The maximum Gasteiger partial charge on any atom is 0.233 e. The monoisotopic (exact) mass is 290 g/mol. The third-order valence-electron chi connectivity index (χ3n) is 5.17. The number of rotatable bonds is 3. The summed E-state index contributed by atoms with van der Waals surface area (Å²) in [7, 11) is 1.92. The van der Waals surface area contributed by atoms with Gasteiger partial charge in [-0.1, -0.05) is 25.0 Å². The number of likely N-dealkylation sites (N-methyl/N-ethyl adjacent to an activating group) is 1. The van der Waals surface area contributed by atoms with E-state index in [1.54, 1.807) is 12.1 Å². The van der Waals surface area contributed by atoms with Gasteiger partial charge in [-0.15, -0.1) is 0 Å². The highest BCUT2D eigenvalue weighted by atomic mass is 19.1. The number of carbonyl (C=O) groups is 1. The van der Waals surface area contributed by atoms with Crippen LogP contribution in [0.25, 0.3) is 0 Å². The van der Waals surface area contributed by atoms with Crippen LogP contribution in [0.1, 0.15) is 37.7 Å². The summed E-state index contributed by atoms with van der Waals surface area (Å²) >= 11 is 0. The van der Waals surface area contributed by atoms with E-state index in [0.29, 0.717) is 0 Å². The van der Waals surface area contributed by atoms with Crippen LogP contribution >= 0.6 is 0 Å². The second kappa shape index (κ2) is 5.76. The van der Waals surface area contributed by atoms with E-state index < -0.39 is 5.41 Å². The van der Waals surface area contributed by atoms with Crippen molar-refractivity contribution < 1.29 is 9.18 Å². The molecular weight excluding hydrogens is 267 g/mol. The first-order chi connectivity index (χ1) is 10.1. The summed E-state index contributed by atoms with van der Waals surface area (Å²) < 4.78 is 13.2. The molecule has 3 rings (SSSR count). The number of benzene rings is 1. The first kappa shape index (κ1) is 14.5. The maximum absolute atomic E-state index is 13.2. The predicted molar refractivity (Wildman–Crippen MR) is 80.6 cm³/mol. The average Bonchev–Trinajstić information content (AvgIpc) is 3.18. The van der Waals surface area contributed by atoms with Crippen molar-refractivity contribution in [1.82, 2.24) is 10.2 Å². The van der Waals surface area contributed by atoms with Crippen molar-refractivity contribution in [2.75, 3.05) is 20.1 Å². The number of amides is 1. The molecule has 0 spiro atoms. The van der Waals surface area contributed by atoms with Crippen molar-refractivity contribution in [3.05, 3.63) is 35.6 Å². The Bertz CT molecular complexity index is 502. The molecule has 1 aliphatic carbocycles. The Morgan fingerprint density at radius 2 is 1.95 bits per heavy atom. The lowest BCUT2D eigenvalue weighted by atomic mass is 9.77. The van der Waals surface area contributed by atoms with Crippen LogP contribution in [-0.4, -0.2) is 37.0 Å². The van der Waals surface area contributed by atoms with Gasteiger partial charge in [-0.25, -0.2) is 4.39 Å². The summed E-state index contributed by atoms with van der Waals surface area (Å²) in [5.41, 5.74) is 0.537. The normalized spacial score (nSPS) is 24.2. The van der Waals surface area contributed by atoms with Crippen LogP contribution in [0.2, 0.25) is 0 Å². The third kappa shape index (κ3) is 2.57. The zero-order valence-electron chi connectivity index (χ0n) is 12.6. The SMILES string of the molecule is CN(C(=O)C1(c2ccc(F)cc2)CCCC1)C1CCNC1. The lowest BCUT2D eigenvalue weighted by Gasteiger charge is -2.35. The Morgan fingerprint density at radius 3 is 2.52 bits per heavy atom. The first-order valence-electron chi connectivity index (χ1n) is 7.87. The summed E-state index contributed by atoms with van der Waals surface area (Å²) in [6.07, 6.45) is 4.91. The Hall–Kier alpha value is -1.42. The molecule has 21 heavy (non-hydrogen) atoms. The van der Waals surface area contributed by atoms with Gasteiger partial charge in [0.15, 0.2) is 0 Å². The van der Waals surface area contributed by atoms with Gasteiger partial charge in [0.25, 0.3) is 0 Å². The summed E-state index contributed by atoms with van der Waals surface area (Å²) in [4.78, 5) is 15.1. The van der Waals surface area contributed by atoms with E-state index in [4.69, 9.17) is 0 Å². The second-order valence-corrected chi connectivity index (χ2v) is 6.36. The van der Waals surface area contributed by atoms with Crippen LogP contribution in [0, 0.1) is 5.82 Å². The number of carbonyl (C=O) groups excluding carboxylic acids is 1. The molecule has 4 heteroatoms. The van der Waals surface area contributed by atoms with Crippen molar-refractivity contribution in [1.29, 1.82) is 0 Å². The third-order valence-corrected chi connectivity index (χ3v) is 5.17. The molecule has 0 radical (unpaired) electrons. The van der Waals surface area contributed by atoms with Crippen LogP contribution in [0.15, 0.2) is 24.3 Å². The molecule has 2 aliphatic rings. The number of halogens is 1. The molecule has 1 aromatic carbocycles. The van der Waals surface area contributed by atoms with E-state index in [1.165, 1.54) is 12.1 Å². The average molecular weight is 290 g/mol. The molecule has 0 bridgehead atoms. The van der Waals surface area contributed by atoms with Crippen LogP contribution in [0.3, 0.4) is 0 Å². The molecule has 1 saturated heterocycles. The van der Waals surface area contributed by atoms with E-state index in [0.717, 1.165) is 50.8 Å². The highest BCUT2D eigenvalue weighted by molar-refractivity contribution is 5.88. The topological polar surface area (TPSA) is 32.3 Å². The molecule has 0 aromatic heterocycles. The summed E-state index contributed by atoms with van der Waals surface area (Å²) in [6, 6.07) is 6.81. The fourth-order valence-electron chi connectivity index (χ4n) is 3.85. The van der Waals surface area contributed by atoms with Crippen molar-refractivity contribution in [2.45, 2.75) is 43.6 Å². The van der Waals surface area contributed by atoms with Gasteiger partial charge in [-0.2, -0.15) is 0 Å². The molecule has 114 valence electrons. The number of hydrogen-bond acceptors (Lipinski definition) is 2. The molecule has 3 nitrogen and oxygen atoms in total. The predicted octanol–water partition coefficient (Wildman–Crippen LogP) is 2.46. The largest absolute Gasteiger partial charge is 0.341 e. The van der Waals surface area contributed by atoms with E-state index in [2.05, 4.69) is 5.32 Å². The number of hydrogen-bond donors (Lipinski definition) is 1. The fraction of sp³-hybridized carbons (Fsp3) is 0.588. The molecular formula is C17H23FN2O. The van der Waals surface area contributed by atoms with E-state index in [1.807, 2.05) is 11.9 Å². The highest BCUT2D eigenvalue weighted by Gasteiger charge is 2.45. The molecule has 1 unspecified atom stereocenters. The summed E-state index contributed by atoms with van der Waals surface area (Å²) in [5.74, 6) is -0.0343. The van der Waals surface area contributed by atoms with Crippen LogP contribution in [-0.2, 0) is 10.2 Å². The maximum atomic E-state index is 13.2. The minimum Gasteiger partial charge on any atom is -0.341 e. The summed E-state index contributed by atoms with van der Waals surface area (Å²) in [6.45, 7) is 1.85. The van der Waals surface area contributed by atoms with Crippen molar-refractivity contribution in [3.8, 4) is 0 Å². The van der Waals surface area contributed by atoms with Gasteiger partial charge in [-0.05, 0) is 43.5 Å². The van der Waals surface area contributed by atoms with Crippen LogP contribution < -0.4 is 5.32 Å². The van der Waals surface area contributed by atoms with Gasteiger partial charge in [0.2, 0.25) is 5.91 Å². The van der Waals surface area contributed by atoms with Gasteiger partial charge in [0.05, 0.1) is 5.41 Å². The molecule has 1 saturated carbocycles. The van der Waals surface area contributed by atoms with E-state index in [-0.39, 0.29) is 17.8 Å². The zero-order chi connectivity index (χ0) is 14.9. The summed E-state index contributed by atoms with van der Waals surface area (Å²) in [5, 5.41) is 3.31. The van der Waals surface area contributed by atoms with Gasteiger partial charge in [0, 0.05) is 19.6 Å². The van der Waals surface area contributed by atoms with E-state index >= 15 is 0 Å². The first-order valence-corrected chi connectivity index (χ1v) is 7.87. The number of nitrogens with zero attached hydrogens (tertiary/aromatic N) is 1. The van der Waals surface area contributed by atoms with E-state index in [9.17, 15) is 9.18 Å². The molecule has 1 aromatic rings. The lowest BCUT2D eigenvalue weighted by molar-refractivity contribution is -0.137. The van der Waals surface area contributed by atoms with Gasteiger partial charge in [-0.3, -0.25) is 4.79 Å². The molecule has 1 aliphatic heterocycles. The quantitative estimate of drug-likeness (QED) is 0.927. The minimum atomic E-state index is -0.439. The Labute approximate surface area is 125 Å². The molecule has 1 atom stereocenters. The van der Waals surface area contributed by atoms with Crippen molar-refractivity contribution >= 4 is 5.91 Å². The van der Waals surface area contributed by atoms with Crippen LogP contribution in [0.5, 0.6) is 0 Å². The molecule has 1 heterocycles. The Balaban J connectivity index is 1.89. The standard InChI is InChI=1S/C17H23FN2O/c1-20(15-8-11-19-12-15)16(21)17(9-2-3-10-17)13-4-6-14(18)7-5-13/h4-7,15,19H,2-3,8-12H2,1H3. The van der Waals surface area contributed by atoms with Gasteiger partial charge < -0.3 is 10.2 Å². The highest BCUT2D eigenvalue weighted by Crippen LogP contribution is 2.43. The minimum absolute atomic E-state index is 0.209. The smallest absolute Gasteiger partial charge is 0.233 e. The van der Waals surface area contributed by atoms with Gasteiger partial charge >= 0.3 is 0 Å². The van der Waals surface area contributed by atoms with Crippen LogP contribution in [0.4, 0.5) is 4.39 Å². The van der Waals surface area contributed by atoms with Crippen molar-refractivity contribution in [3.63, 3.8) is 0 Å². The van der Waals surface area contributed by atoms with Crippen molar-refractivity contribution in [2.24, 2.45) is 0 Å². The molecule has 1 N–H and O–H groups in total. The Morgan fingerprint density at radius 1 is 1.29 bits per heavy atom. The zero-order valence-corrected chi connectivity index (χ0v) is 12.6. The Kier molecular flexibility index (Phi) is 3.98. The molecule has 2 fully saturated rings. The second-order valence-electron chi connectivity index (χ2n) is 6.36. The molecule has 1 amide bonds.